The van der Waals surface area contributed by atoms with Gasteiger partial charge in [-0.2, -0.15) is 0 Å². The first-order chi connectivity index (χ1) is 9.38. The molecule has 98 valence electrons. The van der Waals surface area contributed by atoms with Crippen molar-refractivity contribution < 1.29 is 0 Å². The first kappa shape index (κ1) is 13.4. The predicted octanol–water partition coefficient (Wildman–Crippen LogP) is 5.42. The Morgan fingerprint density at radius 1 is 0.895 bits per heavy atom. The summed E-state index contributed by atoms with van der Waals surface area (Å²) in [6.07, 6.45) is 3.09. The summed E-state index contributed by atoms with van der Waals surface area (Å²) in [6, 6.07) is 17.4. The molecule has 3 aromatic rings. The number of hydrogen-bond donors (Lipinski definition) is 1. The van der Waals surface area contributed by atoms with Crippen LogP contribution in [0.1, 0.15) is 26.3 Å². The van der Waals surface area contributed by atoms with Crippen molar-refractivity contribution in [1.82, 2.24) is 4.98 Å². The molecule has 1 nitrogen and oxygen atoms in total. The van der Waals surface area contributed by atoms with E-state index < -0.39 is 0 Å². The lowest BCUT2D eigenvalue weighted by atomic mass is 10.00. The molecule has 3 rings (SSSR count). The Balaban J connectivity index is 0.000000637. The monoisotopic (exact) mass is 251 g/mol. The Bertz CT molecular complexity index is 632. The van der Waals surface area contributed by atoms with Crippen molar-refractivity contribution in [2.45, 2.75) is 27.2 Å². The Hall–Kier alpha value is -2.02. The van der Waals surface area contributed by atoms with Gasteiger partial charge in [0.2, 0.25) is 0 Å². The highest BCUT2D eigenvalue weighted by Crippen LogP contribution is 2.28. The van der Waals surface area contributed by atoms with Crippen LogP contribution in [0, 0.1) is 0 Å². The summed E-state index contributed by atoms with van der Waals surface area (Å²) in [4.78, 5) is 3.25. The van der Waals surface area contributed by atoms with Crippen LogP contribution < -0.4 is 0 Å². The summed E-state index contributed by atoms with van der Waals surface area (Å²) >= 11 is 0. The van der Waals surface area contributed by atoms with Crippen LogP contribution in [0.15, 0.2) is 54.7 Å². The maximum absolute atomic E-state index is 3.25. The largest absolute Gasteiger partial charge is 0.361 e. The molecule has 1 aromatic heterocycles. The van der Waals surface area contributed by atoms with Crippen LogP contribution in [-0.4, -0.2) is 4.98 Å². The zero-order chi connectivity index (χ0) is 13.7. The molecule has 1 heterocycles. The molecule has 0 fully saturated rings. The van der Waals surface area contributed by atoms with Gasteiger partial charge in [-0.25, -0.2) is 0 Å². The van der Waals surface area contributed by atoms with E-state index in [-0.39, 0.29) is 0 Å². The fourth-order valence-corrected chi connectivity index (χ4v) is 2.26. The molecule has 0 radical (unpaired) electrons. The Morgan fingerprint density at radius 3 is 2.32 bits per heavy atom. The molecule has 0 unspecified atom stereocenters. The lowest BCUT2D eigenvalue weighted by molar-refractivity contribution is 1.14. The van der Waals surface area contributed by atoms with Crippen LogP contribution in [0.4, 0.5) is 0 Å². The van der Waals surface area contributed by atoms with Gasteiger partial charge in [-0.15, -0.1) is 0 Å². The van der Waals surface area contributed by atoms with Crippen LogP contribution >= 0.6 is 0 Å². The van der Waals surface area contributed by atoms with Crippen molar-refractivity contribution in [2.24, 2.45) is 0 Å². The first-order valence-electron chi connectivity index (χ1n) is 7.04. The van der Waals surface area contributed by atoms with E-state index in [9.17, 15) is 0 Å². The van der Waals surface area contributed by atoms with Crippen LogP contribution in [0.25, 0.3) is 22.0 Å². The van der Waals surface area contributed by atoms with Crippen molar-refractivity contribution in [3.05, 3.63) is 60.3 Å². The minimum absolute atomic E-state index is 1.09. The average Bonchev–Trinajstić information content (AvgIpc) is 2.98. The third-order valence-electron chi connectivity index (χ3n) is 3.27. The number of aryl methyl sites for hydroxylation is 1. The molecular formula is C18H21N. The molecule has 19 heavy (non-hydrogen) atoms. The van der Waals surface area contributed by atoms with E-state index in [1.807, 2.05) is 20.0 Å². The second-order valence-electron chi connectivity index (χ2n) is 4.29. The van der Waals surface area contributed by atoms with Crippen molar-refractivity contribution in [3.63, 3.8) is 0 Å². The zero-order valence-corrected chi connectivity index (χ0v) is 11.9. The molecule has 1 N–H and O–H groups in total. The summed E-state index contributed by atoms with van der Waals surface area (Å²) in [6.45, 7) is 6.18. The maximum atomic E-state index is 3.25. The molecule has 0 amide bonds. The van der Waals surface area contributed by atoms with Gasteiger partial charge in [0.1, 0.15) is 0 Å². The van der Waals surface area contributed by atoms with E-state index in [2.05, 4.69) is 60.4 Å². The number of benzene rings is 2. The number of aromatic nitrogens is 1. The molecular weight excluding hydrogens is 230 g/mol. The Kier molecular flexibility index (Phi) is 4.40. The maximum Gasteiger partial charge on any atom is 0.0460 e. The SMILES string of the molecule is CC.CCc1ccc(-c2cccc3[nH]ccc23)cc1. The zero-order valence-electron chi connectivity index (χ0n) is 11.9. The third kappa shape index (κ3) is 2.70. The molecule has 0 saturated carbocycles. The van der Waals surface area contributed by atoms with E-state index in [0.29, 0.717) is 0 Å². The minimum Gasteiger partial charge on any atom is -0.361 e. The van der Waals surface area contributed by atoms with Crippen molar-refractivity contribution in [3.8, 4) is 11.1 Å². The number of rotatable bonds is 2. The minimum atomic E-state index is 1.09. The molecule has 0 aliphatic carbocycles. The average molecular weight is 251 g/mol. The highest BCUT2D eigenvalue weighted by atomic mass is 14.7. The first-order valence-corrected chi connectivity index (χ1v) is 7.04. The van der Waals surface area contributed by atoms with E-state index in [0.717, 1.165) is 6.42 Å². The van der Waals surface area contributed by atoms with Crippen molar-refractivity contribution in [1.29, 1.82) is 0 Å². The number of aromatic amines is 1. The lowest BCUT2D eigenvalue weighted by Crippen LogP contribution is -1.82. The predicted molar refractivity (Wildman–Crippen MR) is 84.5 cm³/mol. The van der Waals surface area contributed by atoms with Gasteiger partial charge in [-0.1, -0.05) is 57.2 Å². The van der Waals surface area contributed by atoms with Gasteiger partial charge in [0, 0.05) is 17.1 Å². The van der Waals surface area contributed by atoms with Crippen LogP contribution in [0.2, 0.25) is 0 Å². The molecule has 0 bridgehead atoms. The normalized spacial score (nSPS) is 10.1. The summed E-state index contributed by atoms with van der Waals surface area (Å²) in [5.41, 5.74) is 5.16. The smallest absolute Gasteiger partial charge is 0.0460 e. The fourth-order valence-electron chi connectivity index (χ4n) is 2.26. The van der Waals surface area contributed by atoms with E-state index in [4.69, 9.17) is 0 Å². The van der Waals surface area contributed by atoms with E-state index >= 15 is 0 Å². The molecule has 0 aliphatic rings. The molecule has 0 saturated heterocycles. The van der Waals surface area contributed by atoms with Gasteiger partial charge in [0.25, 0.3) is 0 Å². The Morgan fingerprint density at radius 2 is 1.63 bits per heavy atom. The van der Waals surface area contributed by atoms with Gasteiger partial charge in [-0.05, 0) is 35.2 Å². The fraction of sp³-hybridized carbons (Fsp3) is 0.222. The molecule has 0 atom stereocenters. The highest BCUT2D eigenvalue weighted by molar-refractivity contribution is 5.95. The van der Waals surface area contributed by atoms with E-state index in [1.54, 1.807) is 0 Å². The van der Waals surface area contributed by atoms with Gasteiger partial charge in [0.05, 0.1) is 0 Å². The van der Waals surface area contributed by atoms with Crippen LogP contribution in [-0.2, 0) is 6.42 Å². The summed E-state index contributed by atoms with van der Waals surface area (Å²) < 4.78 is 0. The lowest BCUT2D eigenvalue weighted by Gasteiger charge is -2.05. The summed E-state index contributed by atoms with van der Waals surface area (Å²) in [5.74, 6) is 0. The van der Waals surface area contributed by atoms with Gasteiger partial charge in [-0.3, -0.25) is 0 Å². The molecule has 0 spiro atoms. The Labute approximate surface area is 115 Å². The number of nitrogens with one attached hydrogen (secondary N) is 1. The quantitative estimate of drug-likeness (QED) is 0.625. The standard InChI is InChI=1S/C16H15N.C2H6/c1-2-12-6-8-13(9-7-12)14-4-3-5-16-15(14)10-11-17-16;1-2/h3-11,17H,2H2,1H3;1-2H3. The highest BCUT2D eigenvalue weighted by Gasteiger charge is 2.03. The van der Waals surface area contributed by atoms with Gasteiger partial charge < -0.3 is 4.98 Å². The van der Waals surface area contributed by atoms with Gasteiger partial charge in [0.15, 0.2) is 0 Å². The molecule has 2 aromatic carbocycles. The molecule has 0 aliphatic heterocycles. The number of hydrogen-bond acceptors (Lipinski definition) is 0. The molecule has 1 heteroatoms. The summed E-state index contributed by atoms with van der Waals surface area (Å²) in [7, 11) is 0. The second kappa shape index (κ2) is 6.24. The van der Waals surface area contributed by atoms with Crippen LogP contribution in [0.3, 0.4) is 0 Å². The second-order valence-corrected chi connectivity index (χ2v) is 4.29. The number of fused-ring (bicyclic) bond motifs is 1. The van der Waals surface area contributed by atoms with Crippen molar-refractivity contribution >= 4 is 10.9 Å². The van der Waals surface area contributed by atoms with E-state index in [1.165, 1.54) is 27.6 Å². The van der Waals surface area contributed by atoms with Crippen molar-refractivity contribution in [2.75, 3.05) is 0 Å². The van der Waals surface area contributed by atoms with Crippen LogP contribution in [0.5, 0.6) is 0 Å². The van der Waals surface area contributed by atoms with Gasteiger partial charge >= 0.3 is 0 Å². The number of H-pyrrole nitrogens is 1. The third-order valence-corrected chi connectivity index (χ3v) is 3.27. The summed E-state index contributed by atoms with van der Waals surface area (Å²) in [5, 5.41) is 1.29. The topological polar surface area (TPSA) is 15.8 Å².